The molecular formula is C17H22NO4-. The van der Waals surface area contributed by atoms with Gasteiger partial charge in [-0.05, 0) is 42.4 Å². The number of carbonyl (C=O) groups is 2. The number of carboxylic acid groups (broad SMARTS) is 1. The number of carboxylic acids is 1. The summed E-state index contributed by atoms with van der Waals surface area (Å²) in [6.07, 6.45) is 4.66. The molecule has 0 aliphatic heterocycles. The Hall–Kier alpha value is -1.88. The van der Waals surface area contributed by atoms with E-state index in [0.717, 1.165) is 37.7 Å². The fourth-order valence-electron chi connectivity index (χ4n) is 3.32. The summed E-state index contributed by atoms with van der Waals surface area (Å²) in [5, 5.41) is 22.9. The molecule has 0 spiro atoms. The first-order valence-electron chi connectivity index (χ1n) is 7.72. The average molecular weight is 304 g/mol. The topological polar surface area (TPSA) is 89.5 Å². The number of benzene rings is 1. The standard InChI is InChI=1S/C17H23NO4/c19-12-13-5-4-6-14(9-13)18-15(20)10-17(11-16(21)22)7-2-1-3-8-17/h4-6,9,19H,1-3,7-8,10-12H2,(H,18,20)(H,21,22)/p-1. The fourth-order valence-corrected chi connectivity index (χ4v) is 3.32. The average Bonchev–Trinajstić information content (AvgIpc) is 2.47. The number of aliphatic hydroxyl groups is 1. The van der Waals surface area contributed by atoms with Crippen LogP contribution in [0.25, 0.3) is 0 Å². The Labute approximate surface area is 130 Å². The van der Waals surface area contributed by atoms with E-state index < -0.39 is 11.4 Å². The predicted octanol–water partition coefficient (Wildman–Crippen LogP) is 1.60. The molecule has 0 saturated heterocycles. The molecule has 1 aromatic carbocycles. The molecular weight excluding hydrogens is 282 g/mol. The second kappa shape index (κ2) is 7.40. The molecule has 1 aliphatic carbocycles. The van der Waals surface area contributed by atoms with Gasteiger partial charge in [-0.1, -0.05) is 31.4 Å². The maximum atomic E-state index is 12.3. The monoisotopic (exact) mass is 304 g/mol. The van der Waals surface area contributed by atoms with Gasteiger partial charge in [0.1, 0.15) is 0 Å². The van der Waals surface area contributed by atoms with Crippen molar-refractivity contribution in [3.05, 3.63) is 29.8 Å². The molecule has 2 N–H and O–H groups in total. The Bertz CT molecular complexity index is 535. The molecule has 0 aromatic heterocycles. The lowest BCUT2D eigenvalue weighted by molar-refractivity contribution is -0.308. The highest BCUT2D eigenvalue weighted by Gasteiger charge is 2.34. The molecule has 1 fully saturated rings. The molecule has 22 heavy (non-hydrogen) atoms. The highest BCUT2D eigenvalue weighted by Crippen LogP contribution is 2.42. The molecule has 0 radical (unpaired) electrons. The molecule has 5 nitrogen and oxygen atoms in total. The first-order valence-corrected chi connectivity index (χ1v) is 7.72. The van der Waals surface area contributed by atoms with Crippen molar-refractivity contribution in [3.8, 4) is 0 Å². The third kappa shape index (κ3) is 4.56. The van der Waals surface area contributed by atoms with Gasteiger partial charge < -0.3 is 20.3 Å². The highest BCUT2D eigenvalue weighted by atomic mass is 16.4. The third-order valence-corrected chi connectivity index (χ3v) is 4.36. The Balaban J connectivity index is 2.02. The molecule has 0 atom stereocenters. The maximum Gasteiger partial charge on any atom is 0.224 e. The molecule has 120 valence electrons. The number of amides is 1. The van der Waals surface area contributed by atoms with E-state index in [1.807, 2.05) is 0 Å². The number of hydrogen-bond donors (Lipinski definition) is 2. The number of aliphatic carboxylic acids is 1. The van der Waals surface area contributed by atoms with Crippen molar-refractivity contribution in [2.24, 2.45) is 5.41 Å². The maximum absolute atomic E-state index is 12.3. The molecule has 1 amide bonds. The van der Waals surface area contributed by atoms with Gasteiger partial charge in [-0.2, -0.15) is 0 Å². The van der Waals surface area contributed by atoms with Crippen LogP contribution in [0.3, 0.4) is 0 Å². The van der Waals surface area contributed by atoms with Crippen LogP contribution in [0.1, 0.15) is 50.5 Å². The van der Waals surface area contributed by atoms with Gasteiger partial charge in [-0.3, -0.25) is 4.79 Å². The number of anilines is 1. The van der Waals surface area contributed by atoms with Crippen LogP contribution < -0.4 is 10.4 Å². The van der Waals surface area contributed by atoms with E-state index in [1.54, 1.807) is 24.3 Å². The van der Waals surface area contributed by atoms with E-state index >= 15 is 0 Å². The number of carbonyl (C=O) groups excluding carboxylic acids is 2. The lowest BCUT2D eigenvalue weighted by Gasteiger charge is -2.37. The Morgan fingerprint density at radius 2 is 1.91 bits per heavy atom. The van der Waals surface area contributed by atoms with Crippen molar-refractivity contribution < 1.29 is 19.8 Å². The molecule has 5 heteroatoms. The van der Waals surface area contributed by atoms with Crippen molar-refractivity contribution in [1.82, 2.24) is 0 Å². The van der Waals surface area contributed by atoms with E-state index in [0.29, 0.717) is 5.69 Å². The van der Waals surface area contributed by atoms with Gasteiger partial charge in [-0.15, -0.1) is 0 Å². The van der Waals surface area contributed by atoms with Gasteiger partial charge in [0.2, 0.25) is 5.91 Å². The zero-order valence-electron chi connectivity index (χ0n) is 12.6. The summed E-state index contributed by atoms with van der Waals surface area (Å²) in [7, 11) is 0. The van der Waals surface area contributed by atoms with Crippen LogP contribution in [0.5, 0.6) is 0 Å². The Morgan fingerprint density at radius 1 is 1.18 bits per heavy atom. The summed E-state index contributed by atoms with van der Waals surface area (Å²) in [4.78, 5) is 23.3. The van der Waals surface area contributed by atoms with Crippen molar-refractivity contribution >= 4 is 17.6 Å². The van der Waals surface area contributed by atoms with Crippen molar-refractivity contribution in [2.45, 2.75) is 51.6 Å². The molecule has 1 aromatic rings. The van der Waals surface area contributed by atoms with E-state index in [2.05, 4.69) is 5.32 Å². The van der Waals surface area contributed by atoms with E-state index in [1.165, 1.54) is 0 Å². The summed E-state index contributed by atoms with van der Waals surface area (Å²) in [5.74, 6) is -1.27. The number of rotatable bonds is 6. The minimum absolute atomic E-state index is 0.0584. The van der Waals surface area contributed by atoms with Crippen LogP contribution in [0.2, 0.25) is 0 Å². The minimum atomic E-state index is -1.09. The number of hydrogen-bond acceptors (Lipinski definition) is 4. The van der Waals surface area contributed by atoms with E-state index in [4.69, 9.17) is 5.11 Å². The Morgan fingerprint density at radius 3 is 2.55 bits per heavy atom. The Kier molecular flexibility index (Phi) is 5.55. The smallest absolute Gasteiger partial charge is 0.224 e. The zero-order valence-corrected chi connectivity index (χ0v) is 12.6. The molecule has 1 aliphatic rings. The van der Waals surface area contributed by atoms with Crippen LogP contribution in [-0.2, 0) is 16.2 Å². The summed E-state index contributed by atoms with van der Waals surface area (Å²) in [6.45, 7) is -0.0850. The molecule has 0 heterocycles. The van der Waals surface area contributed by atoms with Crippen molar-refractivity contribution in [3.63, 3.8) is 0 Å². The quantitative estimate of drug-likeness (QED) is 0.835. The fraction of sp³-hybridized carbons (Fsp3) is 0.529. The zero-order chi connectivity index (χ0) is 16.0. The van der Waals surface area contributed by atoms with Crippen LogP contribution in [-0.4, -0.2) is 17.0 Å². The van der Waals surface area contributed by atoms with Crippen molar-refractivity contribution in [1.29, 1.82) is 0 Å². The summed E-state index contributed by atoms with van der Waals surface area (Å²) in [5.41, 5.74) is 0.867. The normalized spacial score (nSPS) is 17.0. The highest BCUT2D eigenvalue weighted by molar-refractivity contribution is 5.91. The van der Waals surface area contributed by atoms with Crippen LogP contribution in [0, 0.1) is 5.41 Å². The largest absolute Gasteiger partial charge is 0.550 e. The second-order valence-corrected chi connectivity index (χ2v) is 6.19. The number of aliphatic hydroxyl groups excluding tert-OH is 1. The van der Waals surface area contributed by atoms with Gasteiger partial charge in [0.15, 0.2) is 0 Å². The van der Waals surface area contributed by atoms with Crippen molar-refractivity contribution in [2.75, 3.05) is 5.32 Å². The third-order valence-electron chi connectivity index (χ3n) is 4.36. The molecule has 0 bridgehead atoms. The van der Waals surface area contributed by atoms with Crippen LogP contribution >= 0.6 is 0 Å². The van der Waals surface area contributed by atoms with Gasteiger partial charge in [0.05, 0.1) is 6.61 Å². The summed E-state index contributed by atoms with van der Waals surface area (Å²) < 4.78 is 0. The van der Waals surface area contributed by atoms with Crippen LogP contribution in [0.4, 0.5) is 5.69 Å². The van der Waals surface area contributed by atoms with Gasteiger partial charge in [0, 0.05) is 18.1 Å². The first-order chi connectivity index (χ1) is 10.5. The second-order valence-electron chi connectivity index (χ2n) is 6.19. The van der Waals surface area contributed by atoms with Gasteiger partial charge in [0.25, 0.3) is 0 Å². The number of nitrogens with one attached hydrogen (secondary N) is 1. The van der Waals surface area contributed by atoms with Gasteiger partial charge >= 0.3 is 0 Å². The predicted molar refractivity (Wildman–Crippen MR) is 80.8 cm³/mol. The summed E-state index contributed by atoms with van der Waals surface area (Å²) in [6, 6.07) is 7.00. The molecule has 1 saturated carbocycles. The van der Waals surface area contributed by atoms with E-state index in [-0.39, 0.29) is 25.4 Å². The lowest BCUT2D eigenvalue weighted by atomic mass is 9.69. The molecule has 0 unspecified atom stereocenters. The first kappa shape index (κ1) is 16.5. The minimum Gasteiger partial charge on any atom is -0.550 e. The lowest BCUT2D eigenvalue weighted by Crippen LogP contribution is -2.36. The van der Waals surface area contributed by atoms with Gasteiger partial charge in [-0.25, -0.2) is 0 Å². The van der Waals surface area contributed by atoms with E-state index in [9.17, 15) is 14.7 Å². The summed E-state index contributed by atoms with van der Waals surface area (Å²) >= 11 is 0. The SMILES string of the molecule is O=C([O-])CC1(CC(=O)Nc2cccc(CO)c2)CCCCC1. The van der Waals surface area contributed by atoms with Crippen LogP contribution in [0.15, 0.2) is 24.3 Å². The molecule has 2 rings (SSSR count).